The molecule has 1 N–H and O–H groups in total. The Balaban J connectivity index is 2.10. The molecule has 2 heterocycles. The molecule has 3 rings (SSSR count). The molecule has 0 atom stereocenters. The number of rotatable bonds is 2. The highest BCUT2D eigenvalue weighted by Crippen LogP contribution is 2.24. The Morgan fingerprint density at radius 1 is 1.35 bits per heavy atom. The molecule has 0 aliphatic carbocycles. The number of aromatic amines is 1. The predicted octanol–water partition coefficient (Wildman–Crippen LogP) is 2.53. The molecule has 0 radical (unpaired) electrons. The molecule has 1 aromatic carbocycles. The highest BCUT2D eigenvalue weighted by molar-refractivity contribution is 5.79. The lowest BCUT2D eigenvalue weighted by atomic mass is 10.1. The number of ether oxygens (including phenoxy) is 1. The SMILES string of the molecule is COc1ncc(-c2ccc3nc(C)oc3c2)[nH]1. The summed E-state index contributed by atoms with van der Waals surface area (Å²) in [6.45, 7) is 1.83. The molecular weight excluding hydrogens is 218 g/mol. The van der Waals surface area contributed by atoms with Gasteiger partial charge in [-0.15, -0.1) is 0 Å². The van der Waals surface area contributed by atoms with Crippen molar-refractivity contribution in [1.29, 1.82) is 0 Å². The minimum absolute atomic E-state index is 0.494. The fourth-order valence-electron chi connectivity index (χ4n) is 1.76. The lowest BCUT2D eigenvalue weighted by molar-refractivity contribution is 0.384. The van der Waals surface area contributed by atoms with Crippen LogP contribution in [0.25, 0.3) is 22.4 Å². The molecule has 0 saturated heterocycles. The Kier molecular flexibility index (Phi) is 2.11. The van der Waals surface area contributed by atoms with E-state index < -0.39 is 0 Å². The zero-order valence-corrected chi connectivity index (χ0v) is 9.52. The fourth-order valence-corrected chi connectivity index (χ4v) is 1.76. The maximum Gasteiger partial charge on any atom is 0.293 e. The van der Waals surface area contributed by atoms with Gasteiger partial charge in [0.05, 0.1) is 19.0 Å². The van der Waals surface area contributed by atoms with Gasteiger partial charge in [0, 0.05) is 12.5 Å². The summed E-state index contributed by atoms with van der Waals surface area (Å²) < 4.78 is 10.5. The summed E-state index contributed by atoms with van der Waals surface area (Å²) in [6.07, 6.45) is 1.73. The average Bonchev–Trinajstić information content (AvgIpc) is 2.92. The Labute approximate surface area is 97.5 Å². The molecule has 0 saturated carbocycles. The summed E-state index contributed by atoms with van der Waals surface area (Å²) in [5, 5.41) is 0. The van der Waals surface area contributed by atoms with Crippen LogP contribution in [0.2, 0.25) is 0 Å². The van der Waals surface area contributed by atoms with Crippen LogP contribution >= 0.6 is 0 Å². The van der Waals surface area contributed by atoms with E-state index >= 15 is 0 Å². The van der Waals surface area contributed by atoms with Gasteiger partial charge < -0.3 is 14.1 Å². The number of aromatic nitrogens is 3. The van der Waals surface area contributed by atoms with Crippen LogP contribution in [-0.2, 0) is 0 Å². The van der Waals surface area contributed by atoms with Gasteiger partial charge in [-0.3, -0.25) is 0 Å². The van der Waals surface area contributed by atoms with Gasteiger partial charge in [-0.05, 0) is 12.1 Å². The van der Waals surface area contributed by atoms with E-state index in [-0.39, 0.29) is 0 Å². The summed E-state index contributed by atoms with van der Waals surface area (Å²) in [5.41, 5.74) is 3.51. The maximum absolute atomic E-state index is 5.49. The van der Waals surface area contributed by atoms with E-state index in [4.69, 9.17) is 9.15 Å². The van der Waals surface area contributed by atoms with Crippen molar-refractivity contribution in [1.82, 2.24) is 15.0 Å². The van der Waals surface area contributed by atoms with Crippen LogP contribution in [0.1, 0.15) is 5.89 Å². The van der Waals surface area contributed by atoms with Gasteiger partial charge in [0.1, 0.15) is 5.52 Å². The summed E-state index contributed by atoms with van der Waals surface area (Å²) in [4.78, 5) is 11.4. The Morgan fingerprint density at radius 3 is 3.00 bits per heavy atom. The van der Waals surface area contributed by atoms with Gasteiger partial charge in [0.2, 0.25) is 0 Å². The minimum atomic E-state index is 0.494. The topological polar surface area (TPSA) is 63.9 Å². The van der Waals surface area contributed by atoms with Crippen LogP contribution in [0.15, 0.2) is 28.8 Å². The zero-order valence-electron chi connectivity index (χ0n) is 9.52. The van der Waals surface area contributed by atoms with E-state index in [9.17, 15) is 0 Å². The van der Waals surface area contributed by atoms with Crippen molar-refractivity contribution in [2.24, 2.45) is 0 Å². The number of aryl methyl sites for hydroxylation is 1. The van der Waals surface area contributed by atoms with E-state index in [1.807, 2.05) is 25.1 Å². The van der Waals surface area contributed by atoms with Crippen LogP contribution in [-0.4, -0.2) is 22.1 Å². The number of oxazole rings is 1. The number of benzene rings is 1. The van der Waals surface area contributed by atoms with Gasteiger partial charge in [-0.2, -0.15) is 0 Å². The van der Waals surface area contributed by atoms with Crippen molar-refractivity contribution < 1.29 is 9.15 Å². The molecule has 86 valence electrons. The molecule has 0 fully saturated rings. The molecule has 0 amide bonds. The third-order valence-corrected chi connectivity index (χ3v) is 2.55. The Hall–Kier alpha value is -2.30. The second-order valence-electron chi connectivity index (χ2n) is 3.72. The largest absolute Gasteiger partial charge is 0.468 e. The van der Waals surface area contributed by atoms with Crippen LogP contribution in [0.3, 0.4) is 0 Å². The lowest BCUT2D eigenvalue weighted by Crippen LogP contribution is -1.83. The molecule has 5 nitrogen and oxygen atoms in total. The van der Waals surface area contributed by atoms with Crippen molar-refractivity contribution in [3.63, 3.8) is 0 Å². The van der Waals surface area contributed by atoms with Crippen molar-refractivity contribution in [2.45, 2.75) is 6.92 Å². The van der Waals surface area contributed by atoms with Gasteiger partial charge in [-0.25, -0.2) is 9.97 Å². The summed E-state index contributed by atoms with van der Waals surface area (Å²) >= 11 is 0. The molecule has 0 unspecified atom stereocenters. The first-order chi connectivity index (χ1) is 8.26. The summed E-state index contributed by atoms with van der Waals surface area (Å²) in [5.74, 6) is 0.666. The van der Waals surface area contributed by atoms with E-state index in [2.05, 4.69) is 15.0 Å². The van der Waals surface area contributed by atoms with Crippen LogP contribution < -0.4 is 4.74 Å². The number of nitrogens with zero attached hydrogens (tertiary/aromatic N) is 2. The van der Waals surface area contributed by atoms with Gasteiger partial charge >= 0.3 is 0 Å². The molecular formula is C12H11N3O2. The van der Waals surface area contributed by atoms with Crippen LogP contribution in [0.4, 0.5) is 0 Å². The monoisotopic (exact) mass is 229 g/mol. The number of fused-ring (bicyclic) bond motifs is 1. The highest BCUT2D eigenvalue weighted by Gasteiger charge is 2.07. The predicted molar refractivity (Wildman–Crippen MR) is 62.9 cm³/mol. The molecule has 0 bridgehead atoms. The number of methoxy groups -OCH3 is 1. The van der Waals surface area contributed by atoms with Gasteiger partial charge in [-0.1, -0.05) is 6.07 Å². The van der Waals surface area contributed by atoms with E-state index in [1.54, 1.807) is 13.3 Å². The second kappa shape index (κ2) is 3.62. The summed E-state index contributed by atoms with van der Waals surface area (Å²) in [6, 6.07) is 6.32. The maximum atomic E-state index is 5.49. The molecule has 17 heavy (non-hydrogen) atoms. The number of nitrogens with one attached hydrogen (secondary N) is 1. The first-order valence-electron chi connectivity index (χ1n) is 5.23. The lowest BCUT2D eigenvalue weighted by Gasteiger charge is -1.96. The van der Waals surface area contributed by atoms with E-state index in [0.29, 0.717) is 11.9 Å². The highest BCUT2D eigenvalue weighted by atomic mass is 16.5. The number of hydrogen-bond donors (Lipinski definition) is 1. The molecule has 3 aromatic rings. The standard InChI is InChI=1S/C12H11N3O2/c1-7-14-9-4-3-8(5-11(9)17-7)10-6-13-12(15-10)16-2/h3-6H,1-2H3,(H,13,15). The second-order valence-corrected chi connectivity index (χ2v) is 3.72. The zero-order chi connectivity index (χ0) is 11.8. The number of H-pyrrole nitrogens is 1. The van der Waals surface area contributed by atoms with Gasteiger partial charge in [0.25, 0.3) is 6.01 Å². The molecule has 2 aromatic heterocycles. The van der Waals surface area contributed by atoms with Crippen molar-refractivity contribution >= 4 is 11.1 Å². The van der Waals surface area contributed by atoms with Crippen molar-refractivity contribution in [2.75, 3.05) is 7.11 Å². The Morgan fingerprint density at radius 2 is 2.24 bits per heavy atom. The first kappa shape index (κ1) is 9.89. The fraction of sp³-hybridized carbons (Fsp3) is 0.167. The third-order valence-electron chi connectivity index (χ3n) is 2.55. The van der Waals surface area contributed by atoms with Crippen molar-refractivity contribution in [3.05, 3.63) is 30.3 Å². The van der Waals surface area contributed by atoms with Crippen LogP contribution in [0, 0.1) is 6.92 Å². The van der Waals surface area contributed by atoms with E-state index in [1.165, 1.54) is 0 Å². The molecule has 5 heteroatoms. The normalized spacial score (nSPS) is 10.9. The molecule has 0 spiro atoms. The first-order valence-corrected chi connectivity index (χ1v) is 5.23. The molecule has 0 aliphatic rings. The number of imidazole rings is 1. The Bertz CT molecular complexity index is 669. The third kappa shape index (κ3) is 1.65. The van der Waals surface area contributed by atoms with Crippen molar-refractivity contribution in [3.8, 4) is 17.3 Å². The summed E-state index contributed by atoms with van der Waals surface area (Å²) in [7, 11) is 1.58. The number of hydrogen-bond acceptors (Lipinski definition) is 4. The van der Waals surface area contributed by atoms with Crippen LogP contribution in [0.5, 0.6) is 6.01 Å². The van der Waals surface area contributed by atoms with E-state index in [0.717, 1.165) is 22.4 Å². The quantitative estimate of drug-likeness (QED) is 0.733. The average molecular weight is 229 g/mol. The molecule has 0 aliphatic heterocycles. The minimum Gasteiger partial charge on any atom is -0.468 e. The van der Waals surface area contributed by atoms with Gasteiger partial charge in [0.15, 0.2) is 11.5 Å². The smallest absolute Gasteiger partial charge is 0.293 e.